The van der Waals surface area contributed by atoms with Crippen LogP contribution in [0.4, 0.5) is 5.69 Å². The fraction of sp³-hybridized carbons (Fsp3) is 0.188. The quantitative estimate of drug-likeness (QED) is 0.934. The van der Waals surface area contributed by atoms with Crippen molar-refractivity contribution in [1.29, 1.82) is 0 Å². The number of anilines is 1. The summed E-state index contributed by atoms with van der Waals surface area (Å²) in [5, 5.41) is 3.32. The van der Waals surface area contributed by atoms with Gasteiger partial charge in [-0.25, -0.2) is 4.98 Å². The van der Waals surface area contributed by atoms with Gasteiger partial charge in [0.15, 0.2) is 0 Å². The third-order valence-electron chi connectivity index (χ3n) is 3.42. The molecule has 0 radical (unpaired) electrons. The van der Waals surface area contributed by atoms with E-state index in [9.17, 15) is 0 Å². The maximum atomic E-state index is 5.19. The lowest BCUT2D eigenvalue weighted by atomic mass is 10.2. The normalized spacial score (nSPS) is 16.7. The Bertz CT molecular complexity index is 623. The molecule has 1 aliphatic heterocycles. The Morgan fingerprint density at radius 1 is 1.05 bits per heavy atom. The van der Waals surface area contributed by atoms with E-state index < -0.39 is 0 Å². The predicted molar refractivity (Wildman–Crippen MR) is 81.3 cm³/mol. The Balaban J connectivity index is 1.84. The third-order valence-corrected chi connectivity index (χ3v) is 3.42. The number of nitrogens with one attached hydrogen (secondary N) is 1. The summed E-state index contributed by atoms with van der Waals surface area (Å²) in [7, 11) is 3.28. The van der Waals surface area contributed by atoms with E-state index in [1.807, 2.05) is 55.0 Å². The van der Waals surface area contributed by atoms with Crippen molar-refractivity contribution >= 4 is 5.69 Å². The van der Waals surface area contributed by atoms with E-state index in [2.05, 4.69) is 15.2 Å². The van der Waals surface area contributed by atoms with Gasteiger partial charge in [0.2, 0.25) is 5.88 Å². The van der Waals surface area contributed by atoms with Crippen LogP contribution in [-0.2, 0) is 0 Å². The minimum Gasteiger partial charge on any atom is -0.497 e. The molecule has 21 heavy (non-hydrogen) atoms. The van der Waals surface area contributed by atoms with Crippen molar-refractivity contribution in [3.05, 3.63) is 60.6 Å². The summed E-state index contributed by atoms with van der Waals surface area (Å²) < 4.78 is 10.3. The first-order valence-electron chi connectivity index (χ1n) is 6.67. The molecular weight excluding hydrogens is 266 g/mol. The fourth-order valence-electron chi connectivity index (χ4n) is 2.30. The van der Waals surface area contributed by atoms with E-state index in [0.717, 1.165) is 17.0 Å². The first-order valence-corrected chi connectivity index (χ1v) is 6.67. The van der Waals surface area contributed by atoms with Crippen molar-refractivity contribution < 1.29 is 9.47 Å². The molecule has 1 aromatic heterocycles. The number of ether oxygens (including phenoxy) is 2. The molecule has 0 saturated heterocycles. The van der Waals surface area contributed by atoms with Crippen molar-refractivity contribution in [2.24, 2.45) is 0 Å². The van der Waals surface area contributed by atoms with Gasteiger partial charge in [-0.2, -0.15) is 0 Å². The van der Waals surface area contributed by atoms with Crippen LogP contribution in [0.1, 0.15) is 11.7 Å². The van der Waals surface area contributed by atoms with Crippen molar-refractivity contribution in [2.45, 2.75) is 6.17 Å². The number of nitrogens with zero attached hydrogens (tertiary/aromatic N) is 2. The van der Waals surface area contributed by atoms with Crippen molar-refractivity contribution in [3.8, 4) is 11.6 Å². The summed E-state index contributed by atoms with van der Waals surface area (Å²) in [6, 6.07) is 11.8. The van der Waals surface area contributed by atoms with Gasteiger partial charge in [0.05, 0.1) is 14.2 Å². The molecule has 0 spiro atoms. The molecule has 0 fully saturated rings. The first kappa shape index (κ1) is 13.3. The summed E-state index contributed by atoms with van der Waals surface area (Å²) in [5.74, 6) is 1.46. The van der Waals surface area contributed by atoms with Gasteiger partial charge in [-0.1, -0.05) is 0 Å². The molecule has 1 N–H and O–H groups in total. The van der Waals surface area contributed by atoms with Crippen LogP contribution in [0.3, 0.4) is 0 Å². The topological polar surface area (TPSA) is 46.6 Å². The molecular formula is C16H17N3O2. The highest BCUT2D eigenvalue weighted by Gasteiger charge is 2.22. The maximum absolute atomic E-state index is 5.19. The van der Waals surface area contributed by atoms with Crippen LogP contribution in [0.5, 0.6) is 11.6 Å². The standard InChI is InChI=1S/C16H17N3O2/c1-20-14-6-4-13(5-7-14)19-10-9-17-16(19)12-3-8-15(21-2)18-11-12/h3-11,16-17H,1-2H3. The molecule has 0 amide bonds. The molecule has 0 saturated carbocycles. The third kappa shape index (κ3) is 2.63. The second-order valence-electron chi connectivity index (χ2n) is 4.62. The minimum atomic E-state index is 0.0248. The first-order chi connectivity index (χ1) is 10.3. The fourth-order valence-corrected chi connectivity index (χ4v) is 2.30. The van der Waals surface area contributed by atoms with Crippen molar-refractivity contribution in [1.82, 2.24) is 10.3 Å². The number of methoxy groups -OCH3 is 2. The summed E-state index contributed by atoms with van der Waals surface area (Å²) >= 11 is 0. The van der Waals surface area contributed by atoms with Gasteiger partial charge >= 0.3 is 0 Å². The van der Waals surface area contributed by atoms with E-state index in [-0.39, 0.29) is 6.17 Å². The molecule has 5 nitrogen and oxygen atoms in total. The van der Waals surface area contributed by atoms with Crippen molar-refractivity contribution in [2.75, 3.05) is 19.1 Å². The van der Waals surface area contributed by atoms with Gasteiger partial charge in [-0.05, 0) is 30.3 Å². The Morgan fingerprint density at radius 2 is 1.86 bits per heavy atom. The zero-order chi connectivity index (χ0) is 14.7. The molecule has 1 aliphatic rings. The molecule has 2 heterocycles. The van der Waals surface area contributed by atoms with Gasteiger partial charge in [0.25, 0.3) is 0 Å². The van der Waals surface area contributed by atoms with Gasteiger partial charge in [-0.3, -0.25) is 0 Å². The van der Waals surface area contributed by atoms with Crippen LogP contribution in [0.2, 0.25) is 0 Å². The van der Waals surface area contributed by atoms with Crippen LogP contribution in [-0.4, -0.2) is 19.2 Å². The molecule has 0 bridgehead atoms. The van der Waals surface area contributed by atoms with Gasteiger partial charge in [0.1, 0.15) is 11.9 Å². The zero-order valence-electron chi connectivity index (χ0n) is 12.0. The average molecular weight is 283 g/mol. The minimum absolute atomic E-state index is 0.0248. The SMILES string of the molecule is COc1ccc(N2C=CNC2c2ccc(OC)nc2)cc1. The molecule has 108 valence electrons. The Kier molecular flexibility index (Phi) is 3.64. The van der Waals surface area contributed by atoms with Crippen LogP contribution < -0.4 is 19.7 Å². The molecule has 1 unspecified atom stereocenters. The smallest absolute Gasteiger partial charge is 0.212 e. The Hall–Kier alpha value is -2.69. The number of hydrogen-bond acceptors (Lipinski definition) is 5. The summed E-state index contributed by atoms with van der Waals surface area (Å²) in [6.07, 6.45) is 5.78. The second-order valence-corrected chi connectivity index (χ2v) is 4.62. The molecule has 3 rings (SSSR count). The van der Waals surface area contributed by atoms with Gasteiger partial charge in [0, 0.05) is 35.9 Å². The summed E-state index contributed by atoms with van der Waals surface area (Å²) in [6.45, 7) is 0. The molecule has 1 atom stereocenters. The molecule has 5 heteroatoms. The lowest BCUT2D eigenvalue weighted by molar-refractivity contribution is 0.397. The number of aromatic nitrogens is 1. The van der Waals surface area contributed by atoms with Crippen LogP contribution in [0.25, 0.3) is 0 Å². The Labute approximate surface area is 123 Å². The molecule has 1 aromatic carbocycles. The second kappa shape index (κ2) is 5.75. The van der Waals surface area contributed by atoms with E-state index in [0.29, 0.717) is 5.88 Å². The lowest BCUT2D eigenvalue weighted by Crippen LogP contribution is -2.26. The predicted octanol–water partition coefficient (Wildman–Crippen LogP) is 2.68. The van der Waals surface area contributed by atoms with E-state index >= 15 is 0 Å². The van der Waals surface area contributed by atoms with Gasteiger partial charge in [-0.15, -0.1) is 0 Å². The van der Waals surface area contributed by atoms with Crippen LogP contribution in [0, 0.1) is 0 Å². The van der Waals surface area contributed by atoms with E-state index in [4.69, 9.17) is 9.47 Å². The number of hydrogen-bond donors (Lipinski definition) is 1. The van der Waals surface area contributed by atoms with Crippen LogP contribution in [0.15, 0.2) is 55.0 Å². The number of rotatable bonds is 4. The lowest BCUT2D eigenvalue weighted by Gasteiger charge is -2.26. The largest absolute Gasteiger partial charge is 0.497 e. The zero-order valence-corrected chi connectivity index (χ0v) is 12.0. The van der Waals surface area contributed by atoms with E-state index in [1.165, 1.54) is 0 Å². The summed E-state index contributed by atoms with van der Waals surface area (Å²) in [5.41, 5.74) is 2.15. The van der Waals surface area contributed by atoms with E-state index in [1.54, 1.807) is 14.2 Å². The van der Waals surface area contributed by atoms with Crippen molar-refractivity contribution in [3.63, 3.8) is 0 Å². The van der Waals surface area contributed by atoms with Gasteiger partial charge < -0.3 is 19.7 Å². The highest BCUT2D eigenvalue weighted by atomic mass is 16.5. The summed E-state index contributed by atoms with van der Waals surface area (Å²) in [4.78, 5) is 6.40. The molecule has 0 aliphatic carbocycles. The average Bonchev–Trinajstić information content (AvgIpc) is 3.04. The highest BCUT2D eigenvalue weighted by Crippen LogP contribution is 2.30. The molecule has 2 aromatic rings. The highest BCUT2D eigenvalue weighted by molar-refractivity contribution is 5.54. The number of pyridine rings is 1. The monoisotopic (exact) mass is 283 g/mol. The maximum Gasteiger partial charge on any atom is 0.212 e. The number of benzene rings is 1. The Morgan fingerprint density at radius 3 is 2.48 bits per heavy atom. The van der Waals surface area contributed by atoms with Crippen LogP contribution >= 0.6 is 0 Å².